The fourth-order valence-electron chi connectivity index (χ4n) is 2.13. The van der Waals surface area contributed by atoms with E-state index in [4.69, 9.17) is 15.2 Å². The number of ether oxygens (including phenoxy) is 2. The van der Waals surface area contributed by atoms with E-state index in [2.05, 4.69) is 0 Å². The third kappa shape index (κ3) is 3.63. The number of rotatable bonds is 7. The molecule has 1 aromatic carbocycles. The van der Waals surface area contributed by atoms with Crippen LogP contribution < -0.4 is 10.5 Å². The van der Waals surface area contributed by atoms with Crippen LogP contribution in [0.15, 0.2) is 17.0 Å². The molecule has 0 spiro atoms. The van der Waals surface area contributed by atoms with Crippen LogP contribution in [-0.4, -0.2) is 46.1 Å². The SMILES string of the molecule is CCN(C(C)COC)S(=O)(=O)c1cc(N)c(OC)c(F)c1. The zero-order chi connectivity index (χ0) is 16.2. The average molecular weight is 320 g/mol. The number of benzene rings is 1. The first-order valence-electron chi connectivity index (χ1n) is 6.43. The number of halogens is 1. The maximum atomic E-state index is 13.8. The Bertz CT molecular complexity index is 569. The molecule has 21 heavy (non-hydrogen) atoms. The zero-order valence-corrected chi connectivity index (χ0v) is 13.4. The molecule has 0 saturated carbocycles. The molecule has 1 aromatic rings. The predicted molar refractivity (Wildman–Crippen MR) is 78.3 cm³/mol. The van der Waals surface area contributed by atoms with Gasteiger partial charge in [0.15, 0.2) is 11.6 Å². The highest BCUT2D eigenvalue weighted by Gasteiger charge is 2.29. The molecule has 1 unspecified atom stereocenters. The van der Waals surface area contributed by atoms with Crippen LogP contribution in [0.3, 0.4) is 0 Å². The van der Waals surface area contributed by atoms with Crippen molar-refractivity contribution in [3.63, 3.8) is 0 Å². The van der Waals surface area contributed by atoms with E-state index in [0.29, 0.717) is 0 Å². The average Bonchev–Trinajstić information content (AvgIpc) is 2.39. The van der Waals surface area contributed by atoms with E-state index in [1.165, 1.54) is 24.6 Å². The molecule has 2 N–H and O–H groups in total. The second-order valence-corrected chi connectivity index (χ2v) is 6.43. The molecular formula is C13H21FN2O4S. The first-order chi connectivity index (χ1) is 9.79. The summed E-state index contributed by atoms with van der Waals surface area (Å²) in [4.78, 5) is -0.205. The van der Waals surface area contributed by atoms with Crippen molar-refractivity contribution < 1.29 is 22.3 Å². The largest absolute Gasteiger partial charge is 0.492 e. The Hall–Kier alpha value is -1.38. The number of nitrogens with two attached hydrogens (primary N) is 1. The monoisotopic (exact) mass is 320 g/mol. The molecule has 0 bridgehead atoms. The minimum Gasteiger partial charge on any atom is -0.492 e. The maximum Gasteiger partial charge on any atom is 0.243 e. The van der Waals surface area contributed by atoms with Crippen molar-refractivity contribution in [1.82, 2.24) is 4.31 Å². The van der Waals surface area contributed by atoms with Crippen molar-refractivity contribution in [2.45, 2.75) is 24.8 Å². The van der Waals surface area contributed by atoms with Crippen LogP contribution in [0.4, 0.5) is 10.1 Å². The molecule has 0 aliphatic heterocycles. The van der Waals surface area contributed by atoms with Gasteiger partial charge in [-0.1, -0.05) is 6.92 Å². The molecule has 8 heteroatoms. The van der Waals surface area contributed by atoms with Crippen molar-refractivity contribution in [2.24, 2.45) is 0 Å². The van der Waals surface area contributed by atoms with Crippen molar-refractivity contribution in [2.75, 3.05) is 33.1 Å². The van der Waals surface area contributed by atoms with Gasteiger partial charge in [0.25, 0.3) is 0 Å². The summed E-state index contributed by atoms with van der Waals surface area (Å²) in [7, 11) is -1.11. The Morgan fingerprint density at radius 3 is 2.43 bits per heavy atom. The van der Waals surface area contributed by atoms with Crippen LogP contribution in [0.2, 0.25) is 0 Å². The number of sulfonamides is 1. The van der Waals surface area contributed by atoms with Gasteiger partial charge in [-0.05, 0) is 19.1 Å². The van der Waals surface area contributed by atoms with Gasteiger partial charge in [0.1, 0.15) is 0 Å². The fraction of sp³-hybridized carbons (Fsp3) is 0.538. The van der Waals surface area contributed by atoms with Crippen molar-refractivity contribution in [3.8, 4) is 5.75 Å². The summed E-state index contributed by atoms with van der Waals surface area (Å²) in [6.07, 6.45) is 0. The van der Waals surface area contributed by atoms with Gasteiger partial charge in [-0.3, -0.25) is 0 Å². The molecule has 0 aromatic heterocycles. The van der Waals surface area contributed by atoms with Gasteiger partial charge >= 0.3 is 0 Å². The third-order valence-corrected chi connectivity index (χ3v) is 5.13. The number of hydrogen-bond donors (Lipinski definition) is 1. The molecular weight excluding hydrogens is 299 g/mol. The standard InChI is InChI=1S/C13H21FN2O4S/c1-5-16(9(2)8-19-3)21(17,18)10-6-11(14)13(20-4)12(15)7-10/h6-7,9H,5,8,15H2,1-4H3. The highest BCUT2D eigenvalue weighted by Crippen LogP contribution is 2.30. The quantitative estimate of drug-likeness (QED) is 0.769. The molecule has 120 valence electrons. The fourth-order valence-corrected chi connectivity index (χ4v) is 3.81. The summed E-state index contributed by atoms with van der Waals surface area (Å²) >= 11 is 0. The Labute approximate surface area is 124 Å². The number of hydrogen-bond acceptors (Lipinski definition) is 5. The lowest BCUT2D eigenvalue weighted by Gasteiger charge is -2.26. The lowest BCUT2D eigenvalue weighted by atomic mass is 10.3. The minimum atomic E-state index is -3.86. The van der Waals surface area contributed by atoms with Crippen LogP contribution in [-0.2, 0) is 14.8 Å². The lowest BCUT2D eigenvalue weighted by Crippen LogP contribution is -2.40. The van der Waals surface area contributed by atoms with E-state index in [1.807, 2.05) is 0 Å². The second-order valence-electron chi connectivity index (χ2n) is 4.54. The molecule has 1 rings (SSSR count). The summed E-state index contributed by atoms with van der Waals surface area (Å²) in [5.74, 6) is -0.978. The maximum absolute atomic E-state index is 13.8. The minimum absolute atomic E-state index is 0.0634. The second kappa shape index (κ2) is 7.06. The smallest absolute Gasteiger partial charge is 0.243 e. The van der Waals surface area contributed by atoms with Gasteiger partial charge in [0.2, 0.25) is 10.0 Å². The van der Waals surface area contributed by atoms with Gasteiger partial charge in [0, 0.05) is 19.7 Å². The highest BCUT2D eigenvalue weighted by molar-refractivity contribution is 7.89. The molecule has 0 amide bonds. The van der Waals surface area contributed by atoms with E-state index >= 15 is 0 Å². The molecule has 0 aliphatic carbocycles. The summed E-state index contributed by atoms with van der Waals surface area (Å²) in [5.41, 5.74) is 5.57. The van der Waals surface area contributed by atoms with E-state index in [9.17, 15) is 12.8 Å². The van der Waals surface area contributed by atoms with Crippen molar-refractivity contribution in [3.05, 3.63) is 17.9 Å². The molecule has 1 atom stereocenters. The predicted octanol–water partition coefficient (Wildman–Crippen LogP) is 1.46. The Morgan fingerprint density at radius 1 is 1.38 bits per heavy atom. The Morgan fingerprint density at radius 2 is 2.00 bits per heavy atom. The van der Waals surface area contributed by atoms with Gasteiger partial charge < -0.3 is 15.2 Å². The van der Waals surface area contributed by atoms with E-state index < -0.39 is 15.8 Å². The van der Waals surface area contributed by atoms with Gasteiger partial charge in [-0.2, -0.15) is 4.31 Å². The lowest BCUT2D eigenvalue weighted by molar-refractivity contribution is 0.142. The van der Waals surface area contributed by atoms with Crippen molar-refractivity contribution in [1.29, 1.82) is 0 Å². The topological polar surface area (TPSA) is 81.9 Å². The number of nitrogens with zero attached hydrogens (tertiary/aromatic N) is 1. The summed E-state index contributed by atoms with van der Waals surface area (Å²) in [5, 5.41) is 0. The van der Waals surface area contributed by atoms with Crippen LogP contribution in [0.25, 0.3) is 0 Å². The van der Waals surface area contributed by atoms with Gasteiger partial charge in [0.05, 0.1) is 24.3 Å². The van der Waals surface area contributed by atoms with Crippen LogP contribution in [0.5, 0.6) is 5.75 Å². The molecule has 0 fully saturated rings. The normalized spacial score (nSPS) is 13.4. The first-order valence-corrected chi connectivity index (χ1v) is 7.87. The number of likely N-dealkylation sites (N-methyl/N-ethyl adjacent to an activating group) is 1. The molecule has 6 nitrogen and oxygen atoms in total. The molecule has 0 aliphatic rings. The Balaban J connectivity index is 3.29. The number of methoxy groups -OCH3 is 2. The van der Waals surface area contributed by atoms with Crippen molar-refractivity contribution >= 4 is 15.7 Å². The van der Waals surface area contributed by atoms with Crippen LogP contribution >= 0.6 is 0 Å². The van der Waals surface area contributed by atoms with Gasteiger partial charge in [-0.25, -0.2) is 12.8 Å². The highest BCUT2D eigenvalue weighted by atomic mass is 32.2. The van der Waals surface area contributed by atoms with Crippen LogP contribution in [0.1, 0.15) is 13.8 Å². The summed E-state index contributed by atoms with van der Waals surface area (Å²) in [6.45, 7) is 3.89. The summed E-state index contributed by atoms with van der Waals surface area (Å²) in [6, 6.07) is 1.72. The van der Waals surface area contributed by atoms with E-state index in [1.54, 1.807) is 13.8 Å². The molecule has 0 radical (unpaired) electrons. The number of anilines is 1. The third-order valence-electron chi connectivity index (χ3n) is 3.07. The van der Waals surface area contributed by atoms with Gasteiger partial charge in [-0.15, -0.1) is 0 Å². The summed E-state index contributed by atoms with van der Waals surface area (Å²) < 4.78 is 50.0. The van der Waals surface area contributed by atoms with Crippen LogP contribution in [0, 0.1) is 5.82 Å². The Kier molecular flexibility index (Phi) is 5.94. The molecule has 0 saturated heterocycles. The zero-order valence-electron chi connectivity index (χ0n) is 12.6. The molecule has 0 heterocycles. The first kappa shape index (κ1) is 17.7. The van der Waals surface area contributed by atoms with E-state index in [-0.39, 0.29) is 35.5 Å². The van der Waals surface area contributed by atoms with E-state index in [0.717, 1.165) is 6.07 Å². The number of nitrogen functional groups attached to an aromatic ring is 1.